The molecule has 0 fully saturated rings. The van der Waals surface area contributed by atoms with E-state index in [9.17, 15) is 21.6 Å². The largest absolute Gasteiger partial charge is 0.357 e. The van der Waals surface area contributed by atoms with Crippen LogP contribution in [0.3, 0.4) is 0 Å². The Labute approximate surface area is 222 Å². The highest BCUT2D eigenvalue weighted by Gasteiger charge is 2.24. The maximum absolute atomic E-state index is 13.3. The van der Waals surface area contributed by atoms with Gasteiger partial charge in [0.05, 0.1) is 27.2 Å². The predicted molar refractivity (Wildman–Crippen MR) is 145 cm³/mol. The number of rotatable bonds is 10. The summed E-state index contributed by atoms with van der Waals surface area (Å²) in [6.07, 6.45) is 0.225. The number of hydrogen-bond acceptors (Lipinski definition) is 8. The van der Waals surface area contributed by atoms with Crippen LogP contribution in [-0.4, -0.2) is 32.3 Å². The van der Waals surface area contributed by atoms with Crippen molar-refractivity contribution >= 4 is 60.3 Å². The molecule has 1 unspecified atom stereocenters. The summed E-state index contributed by atoms with van der Waals surface area (Å²) in [5.41, 5.74) is 1.88. The van der Waals surface area contributed by atoms with Crippen molar-refractivity contribution in [1.29, 1.82) is 0 Å². The van der Waals surface area contributed by atoms with Crippen LogP contribution in [0.2, 0.25) is 0 Å². The second kappa shape index (κ2) is 11.1. The molecular formula is C23H22N4O6S4. The van der Waals surface area contributed by atoms with Gasteiger partial charge in [0.15, 0.2) is 0 Å². The maximum atomic E-state index is 13.3. The Hall–Kier alpha value is -3.14. The highest BCUT2D eigenvalue weighted by molar-refractivity contribution is 7.89. The molecular weight excluding hydrogens is 557 g/mol. The fourth-order valence-corrected chi connectivity index (χ4v) is 6.77. The molecule has 0 spiro atoms. The molecule has 0 radical (unpaired) electrons. The van der Waals surface area contributed by atoms with E-state index in [1.807, 2.05) is 22.2 Å². The fraction of sp³-hybridized carbons (Fsp3) is 0.130. The van der Waals surface area contributed by atoms with E-state index in [4.69, 9.17) is 4.55 Å². The average molecular weight is 579 g/mol. The Morgan fingerprint density at radius 3 is 2.24 bits per heavy atom. The zero-order valence-electron chi connectivity index (χ0n) is 19.3. The Morgan fingerprint density at radius 2 is 1.65 bits per heavy atom. The van der Waals surface area contributed by atoms with Crippen molar-refractivity contribution in [3.05, 3.63) is 82.7 Å². The van der Waals surface area contributed by atoms with E-state index in [2.05, 4.69) is 15.0 Å². The fourth-order valence-electron chi connectivity index (χ4n) is 3.44. The average Bonchev–Trinajstić information content (AvgIpc) is 3.51. The first-order valence-electron chi connectivity index (χ1n) is 10.7. The zero-order valence-corrected chi connectivity index (χ0v) is 22.5. The predicted octanol–water partition coefficient (Wildman–Crippen LogP) is 4.31. The summed E-state index contributed by atoms with van der Waals surface area (Å²) in [4.78, 5) is 16.9. The number of anilines is 2. The van der Waals surface area contributed by atoms with Crippen molar-refractivity contribution in [2.24, 2.45) is 0 Å². The molecule has 2 aromatic heterocycles. The van der Waals surface area contributed by atoms with Crippen LogP contribution in [0.1, 0.15) is 24.2 Å². The molecule has 1 amide bonds. The first kappa shape index (κ1) is 26.9. The minimum atomic E-state index is -4.41. The topological polar surface area (TPSA) is 155 Å². The van der Waals surface area contributed by atoms with Gasteiger partial charge in [-0.25, -0.2) is 18.1 Å². The van der Waals surface area contributed by atoms with Crippen LogP contribution in [0.15, 0.2) is 76.3 Å². The SMILES string of the molecule is CC(=O)Nc1ccc(S(=O)(=O)NC(Cc2ccc(NS(=O)(=O)O)cc2)c2csc(-c3cccs3)n2)cc1. The van der Waals surface area contributed by atoms with Crippen molar-refractivity contribution in [2.45, 2.75) is 24.3 Å². The van der Waals surface area contributed by atoms with Gasteiger partial charge in [-0.05, 0) is 59.8 Å². The molecule has 1 atom stereocenters. The number of benzene rings is 2. The van der Waals surface area contributed by atoms with Crippen LogP contribution in [-0.2, 0) is 31.5 Å². The lowest BCUT2D eigenvalue weighted by atomic mass is 10.0. The van der Waals surface area contributed by atoms with Gasteiger partial charge in [0.25, 0.3) is 0 Å². The molecule has 4 aromatic rings. The third-order valence-corrected chi connectivity index (χ3v) is 8.91. The molecule has 2 heterocycles. The molecule has 0 bridgehead atoms. The van der Waals surface area contributed by atoms with E-state index in [0.29, 0.717) is 16.9 Å². The Morgan fingerprint density at radius 1 is 0.973 bits per heavy atom. The van der Waals surface area contributed by atoms with Gasteiger partial charge in [-0.1, -0.05) is 18.2 Å². The van der Waals surface area contributed by atoms with Crippen molar-refractivity contribution in [3.63, 3.8) is 0 Å². The van der Waals surface area contributed by atoms with Crippen LogP contribution in [0.5, 0.6) is 0 Å². The van der Waals surface area contributed by atoms with Gasteiger partial charge >= 0.3 is 10.3 Å². The van der Waals surface area contributed by atoms with Crippen molar-refractivity contribution < 1.29 is 26.2 Å². The number of carbonyl (C=O) groups excluding carboxylic acids is 1. The van der Waals surface area contributed by atoms with E-state index in [1.165, 1.54) is 66.0 Å². The quantitative estimate of drug-likeness (QED) is 0.205. The van der Waals surface area contributed by atoms with E-state index < -0.39 is 26.4 Å². The Bertz CT molecular complexity index is 1580. The molecule has 10 nitrogen and oxygen atoms in total. The molecule has 194 valence electrons. The summed E-state index contributed by atoms with van der Waals surface area (Å²) in [5.74, 6) is -0.267. The van der Waals surface area contributed by atoms with Gasteiger partial charge in [-0.15, -0.1) is 22.7 Å². The first-order valence-corrected chi connectivity index (χ1v) is 15.4. The maximum Gasteiger partial charge on any atom is 0.357 e. The number of hydrogen-bond donors (Lipinski definition) is 4. The van der Waals surface area contributed by atoms with E-state index in [-0.39, 0.29) is 22.9 Å². The van der Waals surface area contributed by atoms with Crippen LogP contribution < -0.4 is 14.8 Å². The number of sulfonamides is 1. The number of thiazole rings is 1. The van der Waals surface area contributed by atoms with Crippen molar-refractivity contribution in [1.82, 2.24) is 9.71 Å². The molecule has 0 aliphatic carbocycles. The van der Waals surface area contributed by atoms with Crippen LogP contribution >= 0.6 is 22.7 Å². The van der Waals surface area contributed by atoms with E-state index in [1.54, 1.807) is 17.5 Å². The highest BCUT2D eigenvalue weighted by atomic mass is 32.2. The molecule has 14 heteroatoms. The summed E-state index contributed by atoms with van der Waals surface area (Å²) in [7, 11) is -8.38. The standard InChI is InChI=1S/C23H22N4O6S4/c1-15(28)24-17-8-10-19(11-9-17)36(29,30)27-20(21-14-35-23(25-21)22-3-2-12-34-22)13-16-4-6-18(7-5-16)26-37(31,32)33/h2-12,14,20,26-27H,13H2,1H3,(H,24,28)(H,31,32,33). The highest BCUT2D eigenvalue weighted by Crippen LogP contribution is 2.31. The minimum absolute atomic E-state index is 0.0213. The molecule has 0 aliphatic rings. The summed E-state index contributed by atoms with van der Waals surface area (Å²) in [5, 5.41) is 7.10. The molecule has 37 heavy (non-hydrogen) atoms. The summed E-state index contributed by atoms with van der Waals surface area (Å²) >= 11 is 2.93. The lowest BCUT2D eigenvalue weighted by molar-refractivity contribution is -0.114. The number of aromatic nitrogens is 1. The number of amides is 1. The smallest absolute Gasteiger partial charge is 0.326 e. The second-order valence-electron chi connectivity index (χ2n) is 7.91. The third-order valence-electron chi connectivity index (χ3n) is 5.03. The van der Waals surface area contributed by atoms with Gasteiger partial charge in [0, 0.05) is 18.0 Å². The van der Waals surface area contributed by atoms with E-state index >= 15 is 0 Å². The lowest BCUT2D eigenvalue weighted by Gasteiger charge is -2.18. The second-order valence-corrected chi connectivity index (χ2v) is 12.6. The van der Waals surface area contributed by atoms with E-state index in [0.717, 1.165) is 9.88 Å². The minimum Gasteiger partial charge on any atom is -0.326 e. The molecule has 0 saturated carbocycles. The molecule has 0 aliphatic heterocycles. The Kier molecular flexibility index (Phi) is 8.06. The first-order chi connectivity index (χ1) is 17.5. The van der Waals surface area contributed by atoms with Gasteiger partial charge < -0.3 is 5.32 Å². The summed E-state index contributed by atoms with van der Waals surface area (Å²) in [6, 6.07) is 15.1. The third kappa shape index (κ3) is 7.44. The molecule has 4 rings (SSSR count). The normalized spacial score (nSPS) is 12.7. The van der Waals surface area contributed by atoms with Gasteiger partial charge in [0.2, 0.25) is 15.9 Å². The molecule has 0 saturated heterocycles. The molecule has 2 aromatic carbocycles. The summed E-state index contributed by atoms with van der Waals surface area (Å²) in [6.45, 7) is 1.36. The van der Waals surface area contributed by atoms with Gasteiger partial charge in [0.1, 0.15) is 5.01 Å². The number of carbonyl (C=O) groups is 1. The Balaban J connectivity index is 1.61. The number of nitrogens with zero attached hydrogens (tertiary/aromatic N) is 1. The number of thiophene rings is 1. The van der Waals surface area contributed by atoms with Crippen LogP contribution in [0.4, 0.5) is 11.4 Å². The van der Waals surface area contributed by atoms with Crippen LogP contribution in [0.25, 0.3) is 9.88 Å². The lowest BCUT2D eigenvalue weighted by Crippen LogP contribution is -2.30. The van der Waals surface area contributed by atoms with Crippen molar-refractivity contribution in [3.8, 4) is 9.88 Å². The van der Waals surface area contributed by atoms with Gasteiger partial charge in [-0.2, -0.15) is 8.42 Å². The van der Waals surface area contributed by atoms with Gasteiger partial charge in [-0.3, -0.25) is 14.1 Å². The molecule has 4 N–H and O–H groups in total. The van der Waals surface area contributed by atoms with Crippen LogP contribution in [0, 0.1) is 0 Å². The van der Waals surface area contributed by atoms with Crippen molar-refractivity contribution in [2.75, 3.05) is 10.0 Å². The summed E-state index contributed by atoms with van der Waals surface area (Å²) < 4.78 is 62.3. The number of nitrogens with one attached hydrogen (secondary N) is 3. The zero-order chi connectivity index (χ0) is 26.6. The monoisotopic (exact) mass is 578 g/mol.